The van der Waals surface area contributed by atoms with Crippen molar-refractivity contribution in [1.82, 2.24) is 0 Å². The Bertz CT molecular complexity index is 106. The minimum atomic E-state index is 0.557. The van der Waals surface area contributed by atoms with Gasteiger partial charge in [-0.15, -0.1) is 0 Å². The van der Waals surface area contributed by atoms with E-state index in [1.54, 1.807) is 11.8 Å². The summed E-state index contributed by atoms with van der Waals surface area (Å²) in [6.07, 6.45) is 2.77. The third-order valence-corrected chi connectivity index (χ3v) is 1.50. The molecule has 0 unspecified atom stereocenters. The molecule has 60 valence electrons. The maximum Gasteiger partial charge on any atom is 0.139 e. The topological polar surface area (TPSA) is 47.6 Å². The Kier molecular flexibility index (Phi) is 6.48. The molecule has 0 aromatic carbocycles. The van der Waals surface area contributed by atoms with Crippen LogP contribution in [0.25, 0.3) is 0 Å². The molecule has 0 aromatic rings. The molecule has 0 aliphatic heterocycles. The largest absolute Gasteiger partial charge is 0.394 e. The van der Waals surface area contributed by atoms with Crippen LogP contribution < -0.4 is 5.73 Å². The summed E-state index contributed by atoms with van der Waals surface area (Å²) in [5, 5.41) is 3.66. The molecule has 0 aromatic heterocycles. The quantitative estimate of drug-likeness (QED) is 0.284. The first-order valence-corrected chi connectivity index (χ1v) is 4.63. The highest BCUT2D eigenvalue weighted by Gasteiger charge is 1.86. The molecule has 0 heterocycles. The van der Waals surface area contributed by atoms with E-state index in [0.29, 0.717) is 12.4 Å². The average Bonchev–Trinajstić information content (AvgIpc) is 1.98. The molecule has 4 heteroatoms. The molecular weight excluding hydrogens is 148 g/mol. The van der Waals surface area contributed by atoms with Crippen LogP contribution in [0.3, 0.4) is 0 Å². The van der Waals surface area contributed by atoms with E-state index >= 15 is 0 Å². The zero-order chi connectivity index (χ0) is 7.82. The molecule has 0 bridgehead atoms. The maximum absolute atomic E-state index is 5.37. The van der Waals surface area contributed by atoms with E-state index in [-0.39, 0.29) is 0 Å². The third-order valence-electron chi connectivity index (χ3n) is 0.923. The molecule has 0 aliphatic rings. The molecule has 0 radical (unpaired) electrons. The summed E-state index contributed by atoms with van der Waals surface area (Å²) in [5.74, 6) is 1.52. The van der Waals surface area contributed by atoms with Crippen molar-refractivity contribution in [2.24, 2.45) is 10.9 Å². The molecule has 0 saturated heterocycles. The monoisotopic (exact) mass is 162 g/mol. The van der Waals surface area contributed by atoms with Crippen LogP contribution in [-0.4, -0.2) is 24.5 Å². The van der Waals surface area contributed by atoms with Crippen molar-refractivity contribution in [1.29, 1.82) is 0 Å². The van der Waals surface area contributed by atoms with E-state index in [0.717, 1.165) is 12.2 Å². The Hall–Kier alpha value is -0.380. The molecule has 0 saturated carbocycles. The Morgan fingerprint density at radius 3 is 2.90 bits per heavy atom. The second-order valence-corrected chi connectivity index (χ2v) is 2.75. The van der Waals surface area contributed by atoms with Gasteiger partial charge in [0.05, 0.1) is 0 Å². The first-order chi connectivity index (χ1) is 4.81. The van der Waals surface area contributed by atoms with Gasteiger partial charge in [0.15, 0.2) is 0 Å². The number of nitrogens with zero attached hydrogens (tertiary/aromatic N) is 1. The van der Waals surface area contributed by atoms with Crippen molar-refractivity contribution in [3.05, 3.63) is 0 Å². The van der Waals surface area contributed by atoms with Crippen LogP contribution in [0.2, 0.25) is 0 Å². The van der Waals surface area contributed by atoms with Crippen LogP contribution in [-0.2, 0) is 4.84 Å². The highest BCUT2D eigenvalue weighted by molar-refractivity contribution is 7.98. The summed E-state index contributed by atoms with van der Waals surface area (Å²) in [6.45, 7) is 2.58. The molecule has 3 nitrogen and oxygen atoms in total. The van der Waals surface area contributed by atoms with E-state index in [1.165, 1.54) is 0 Å². The van der Waals surface area contributed by atoms with Gasteiger partial charge in [-0.25, -0.2) is 0 Å². The van der Waals surface area contributed by atoms with E-state index in [1.807, 2.05) is 13.2 Å². The first kappa shape index (κ1) is 9.62. The highest BCUT2D eigenvalue weighted by Crippen LogP contribution is 1.90. The van der Waals surface area contributed by atoms with Crippen molar-refractivity contribution < 1.29 is 4.84 Å². The zero-order valence-electron chi connectivity index (χ0n) is 6.46. The fourth-order valence-corrected chi connectivity index (χ4v) is 0.555. The number of hydrogen-bond acceptors (Lipinski definition) is 3. The SMILES string of the molecule is CC/C(N)=N\OCCSC. The average molecular weight is 162 g/mol. The highest BCUT2D eigenvalue weighted by atomic mass is 32.2. The van der Waals surface area contributed by atoms with Gasteiger partial charge in [-0.1, -0.05) is 12.1 Å². The summed E-state index contributed by atoms with van der Waals surface area (Å²) >= 11 is 1.73. The smallest absolute Gasteiger partial charge is 0.139 e. The summed E-state index contributed by atoms with van der Waals surface area (Å²) in [4.78, 5) is 4.87. The van der Waals surface area contributed by atoms with Crippen molar-refractivity contribution in [3.63, 3.8) is 0 Å². The lowest BCUT2D eigenvalue weighted by molar-refractivity contribution is 0.160. The molecular formula is C6H14N2OS. The van der Waals surface area contributed by atoms with Gasteiger partial charge in [0.1, 0.15) is 12.4 Å². The van der Waals surface area contributed by atoms with Crippen molar-refractivity contribution in [3.8, 4) is 0 Å². The van der Waals surface area contributed by atoms with Crippen molar-refractivity contribution in [2.45, 2.75) is 13.3 Å². The molecule has 0 spiro atoms. The Morgan fingerprint density at radius 1 is 1.70 bits per heavy atom. The van der Waals surface area contributed by atoms with Gasteiger partial charge in [-0.3, -0.25) is 0 Å². The maximum atomic E-state index is 5.37. The number of oxime groups is 1. The van der Waals surface area contributed by atoms with E-state index in [9.17, 15) is 0 Å². The van der Waals surface area contributed by atoms with Gasteiger partial charge in [-0.2, -0.15) is 11.8 Å². The van der Waals surface area contributed by atoms with Gasteiger partial charge in [-0.05, 0) is 6.26 Å². The molecule has 0 amide bonds. The molecule has 0 fully saturated rings. The van der Waals surface area contributed by atoms with Gasteiger partial charge < -0.3 is 10.6 Å². The fourth-order valence-electron chi connectivity index (χ4n) is 0.314. The van der Waals surface area contributed by atoms with E-state index < -0.39 is 0 Å². The zero-order valence-corrected chi connectivity index (χ0v) is 7.28. The second-order valence-electron chi connectivity index (χ2n) is 1.76. The second kappa shape index (κ2) is 6.74. The van der Waals surface area contributed by atoms with Crippen LogP contribution in [0.15, 0.2) is 5.16 Å². The summed E-state index contributed by atoms with van der Waals surface area (Å²) in [5.41, 5.74) is 5.37. The standard InChI is InChI=1S/C6H14N2OS/c1-3-6(7)8-9-4-5-10-2/h3-5H2,1-2H3,(H2,7,8). The predicted molar refractivity (Wildman–Crippen MR) is 46.2 cm³/mol. The van der Waals surface area contributed by atoms with Crippen molar-refractivity contribution >= 4 is 17.6 Å². The third kappa shape index (κ3) is 5.75. The molecule has 0 atom stereocenters. The van der Waals surface area contributed by atoms with E-state index in [4.69, 9.17) is 10.6 Å². The fraction of sp³-hybridized carbons (Fsp3) is 0.833. The molecule has 10 heavy (non-hydrogen) atoms. The number of hydrogen-bond donors (Lipinski definition) is 1. The Morgan fingerprint density at radius 2 is 2.40 bits per heavy atom. The Labute approximate surface area is 66.0 Å². The lowest BCUT2D eigenvalue weighted by Crippen LogP contribution is -2.10. The number of thioether (sulfide) groups is 1. The lowest BCUT2D eigenvalue weighted by atomic mass is 10.5. The first-order valence-electron chi connectivity index (χ1n) is 3.24. The van der Waals surface area contributed by atoms with Gasteiger partial charge >= 0.3 is 0 Å². The van der Waals surface area contributed by atoms with Crippen LogP contribution in [0.1, 0.15) is 13.3 Å². The molecule has 0 aliphatic carbocycles. The van der Waals surface area contributed by atoms with E-state index in [2.05, 4.69) is 5.16 Å². The van der Waals surface area contributed by atoms with Gasteiger partial charge in [0.2, 0.25) is 0 Å². The summed E-state index contributed by atoms with van der Waals surface area (Å²) in [7, 11) is 0. The number of rotatable bonds is 5. The van der Waals surface area contributed by atoms with Gasteiger partial charge in [0.25, 0.3) is 0 Å². The predicted octanol–water partition coefficient (Wildman–Crippen LogP) is 1.05. The molecule has 0 rings (SSSR count). The van der Waals surface area contributed by atoms with Crippen LogP contribution in [0, 0.1) is 0 Å². The van der Waals surface area contributed by atoms with Crippen LogP contribution in [0.5, 0.6) is 0 Å². The van der Waals surface area contributed by atoms with Crippen molar-refractivity contribution in [2.75, 3.05) is 18.6 Å². The minimum Gasteiger partial charge on any atom is -0.394 e. The Balaban J connectivity index is 3.16. The summed E-state index contributed by atoms with van der Waals surface area (Å²) < 4.78 is 0. The van der Waals surface area contributed by atoms with Crippen LogP contribution >= 0.6 is 11.8 Å². The lowest BCUT2D eigenvalue weighted by Gasteiger charge is -1.97. The normalized spacial score (nSPS) is 11.6. The molecule has 2 N–H and O–H groups in total. The van der Waals surface area contributed by atoms with Gasteiger partial charge in [0, 0.05) is 12.2 Å². The minimum absolute atomic E-state index is 0.557. The number of nitrogens with two attached hydrogens (primary N) is 1. The van der Waals surface area contributed by atoms with Crippen LogP contribution in [0.4, 0.5) is 0 Å². The number of amidine groups is 1. The summed E-state index contributed by atoms with van der Waals surface area (Å²) in [6, 6.07) is 0.